The van der Waals surface area contributed by atoms with Crippen LogP contribution in [-0.2, 0) is 4.79 Å². The monoisotopic (exact) mass is 415 g/mol. The van der Waals surface area contributed by atoms with Gasteiger partial charge in [-0.2, -0.15) is 0 Å². The van der Waals surface area contributed by atoms with Crippen molar-refractivity contribution < 1.29 is 19.0 Å². The number of nitrogens with one attached hydrogen (secondary N) is 1. The van der Waals surface area contributed by atoms with E-state index in [0.717, 1.165) is 16.9 Å². The second-order valence-electron chi connectivity index (χ2n) is 7.30. The number of hydrogen-bond acceptors (Lipinski definition) is 5. The Morgan fingerprint density at radius 3 is 2.61 bits per heavy atom. The molecule has 2 unspecified atom stereocenters. The average molecular weight is 415 g/mol. The number of amides is 1. The lowest BCUT2D eigenvalue weighted by Crippen LogP contribution is -2.46. The number of methoxy groups -OCH3 is 1. The van der Waals surface area contributed by atoms with Gasteiger partial charge in [0.1, 0.15) is 17.5 Å². The van der Waals surface area contributed by atoms with Crippen molar-refractivity contribution in [1.82, 2.24) is 9.38 Å². The smallest absolute Gasteiger partial charge is 0.269 e. The van der Waals surface area contributed by atoms with E-state index < -0.39 is 12.2 Å². The highest BCUT2D eigenvalue weighted by molar-refractivity contribution is 5.97. The van der Waals surface area contributed by atoms with E-state index in [2.05, 4.69) is 10.3 Å². The fraction of sp³-hybridized carbons (Fsp3) is 0.167. The third-order valence-corrected chi connectivity index (χ3v) is 5.22. The van der Waals surface area contributed by atoms with Crippen molar-refractivity contribution in [2.75, 3.05) is 12.4 Å². The van der Waals surface area contributed by atoms with Crippen LogP contribution in [0.15, 0.2) is 73.1 Å². The molecule has 2 aromatic carbocycles. The Morgan fingerprint density at radius 2 is 1.84 bits per heavy atom. The Morgan fingerprint density at radius 1 is 1.06 bits per heavy atom. The molecule has 3 heterocycles. The van der Waals surface area contributed by atoms with Gasteiger partial charge in [0, 0.05) is 18.0 Å². The maximum atomic E-state index is 13.1. The van der Waals surface area contributed by atoms with Gasteiger partial charge in [0.05, 0.1) is 18.5 Å². The Kier molecular flexibility index (Phi) is 4.71. The van der Waals surface area contributed by atoms with Gasteiger partial charge < -0.3 is 23.9 Å². The summed E-state index contributed by atoms with van der Waals surface area (Å²) in [6.45, 7) is 1.81. The van der Waals surface area contributed by atoms with Crippen molar-refractivity contribution in [2.45, 2.75) is 19.1 Å². The molecule has 2 aromatic heterocycles. The summed E-state index contributed by atoms with van der Waals surface area (Å²) in [6, 6.07) is 18.7. The molecule has 4 aromatic rings. The van der Waals surface area contributed by atoms with Crippen molar-refractivity contribution in [3.63, 3.8) is 0 Å². The Bertz CT molecular complexity index is 1230. The molecule has 0 spiro atoms. The number of rotatable bonds is 4. The van der Waals surface area contributed by atoms with Gasteiger partial charge in [-0.3, -0.25) is 4.79 Å². The summed E-state index contributed by atoms with van der Waals surface area (Å²) < 4.78 is 19.2. The number of benzene rings is 2. The lowest BCUT2D eigenvalue weighted by molar-refractivity contribution is -0.128. The van der Waals surface area contributed by atoms with Crippen LogP contribution in [0.5, 0.6) is 17.2 Å². The maximum Gasteiger partial charge on any atom is 0.269 e. The van der Waals surface area contributed by atoms with Crippen LogP contribution in [0, 0.1) is 0 Å². The lowest BCUT2D eigenvalue weighted by atomic mass is 10.1. The third-order valence-electron chi connectivity index (χ3n) is 5.22. The summed E-state index contributed by atoms with van der Waals surface area (Å²) in [7, 11) is 1.56. The molecular weight excluding hydrogens is 394 g/mol. The number of fused-ring (bicyclic) bond motifs is 2. The normalized spacial score (nSPS) is 17.4. The first-order valence-electron chi connectivity index (χ1n) is 9.98. The molecule has 5 rings (SSSR count). The van der Waals surface area contributed by atoms with Crippen LogP contribution in [0.2, 0.25) is 0 Å². The SMILES string of the molecule is COc1ccc(-c2cn3ccccc3n2)cc1NC(=O)C1Oc2ccccc2OC1C. The minimum Gasteiger partial charge on any atom is -0.495 e. The van der Waals surface area contributed by atoms with Crippen LogP contribution in [-0.4, -0.2) is 34.6 Å². The number of carbonyl (C=O) groups excluding carboxylic acids is 1. The molecule has 0 fully saturated rings. The molecule has 1 N–H and O–H groups in total. The van der Waals surface area contributed by atoms with Gasteiger partial charge in [-0.15, -0.1) is 0 Å². The van der Waals surface area contributed by atoms with Crippen LogP contribution >= 0.6 is 0 Å². The highest BCUT2D eigenvalue weighted by Crippen LogP contribution is 2.35. The lowest BCUT2D eigenvalue weighted by Gasteiger charge is -2.31. The highest BCUT2D eigenvalue weighted by atomic mass is 16.6. The largest absolute Gasteiger partial charge is 0.495 e. The molecular formula is C24H21N3O4. The summed E-state index contributed by atoms with van der Waals surface area (Å²) >= 11 is 0. The van der Waals surface area contributed by atoms with Crippen molar-refractivity contribution in [3.05, 3.63) is 73.1 Å². The molecule has 7 heteroatoms. The molecule has 31 heavy (non-hydrogen) atoms. The number of imidazole rings is 1. The molecule has 1 aliphatic rings. The van der Waals surface area contributed by atoms with Crippen molar-refractivity contribution in [3.8, 4) is 28.5 Å². The van der Waals surface area contributed by atoms with Gasteiger partial charge in [0.2, 0.25) is 6.10 Å². The third kappa shape index (κ3) is 3.54. The van der Waals surface area contributed by atoms with Crippen LogP contribution < -0.4 is 19.5 Å². The molecule has 7 nitrogen and oxygen atoms in total. The summed E-state index contributed by atoms with van der Waals surface area (Å²) in [5.74, 6) is 1.41. The van der Waals surface area contributed by atoms with E-state index in [1.807, 2.05) is 78.3 Å². The van der Waals surface area contributed by atoms with Crippen LogP contribution in [0.3, 0.4) is 0 Å². The Labute approximate surface area is 179 Å². The second kappa shape index (κ2) is 7.68. The molecule has 156 valence electrons. The van der Waals surface area contributed by atoms with E-state index in [1.165, 1.54) is 0 Å². The van der Waals surface area contributed by atoms with Crippen molar-refractivity contribution >= 4 is 17.2 Å². The predicted molar refractivity (Wildman–Crippen MR) is 117 cm³/mol. The minimum absolute atomic E-state index is 0.313. The topological polar surface area (TPSA) is 74.1 Å². The number of para-hydroxylation sites is 2. The van der Waals surface area contributed by atoms with Crippen molar-refractivity contribution in [1.29, 1.82) is 0 Å². The average Bonchev–Trinajstić information content (AvgIpc) is 3.23. The molecule has 2 atom stereocenters. The van der Waals surface area contributed by atoms with E-state index in [9.17, 15) is 4.79 Å². The van der Waals surface area contributed by atoms with E-state index in [1.54, 1.807) is 13.2 Å². The first kappa shape index (κ1) is 19.0. The number of ether oxygens (including phenoxy) is 3. The zero-order valence-electron chi connectivity index (χ0n) is 17.1. The fourth-order valence-corrected chi connectivity index (χ4v) is 3.65. The van der Waals surface area contributed by atoms with Gasteiger partial charge >= 0.3 is 0 Å². The summed E-state index contributed by atoms with van der Waals surface area (Å²) in [6.07, 6.45) is 2.65. The van der Waals surface area contributed by atoms with Gasteiger partial charge in [0.25, 0.3) is 5.91 Å². The molecule has 0 bridgehead atoms. The number of hydrogen-bond donors (Lipinski definition) is 1. The zero-order valence-corrected chi connectivity index (χ0v) is 17.1. The second-order valence-corrected chi connectivity index (χ2v) is 7.30. The Balaban J connectivity index is 1.43. The van der Waals surface area contributed by atoms with Crippen molar-refractivity contribution in [2.24, 2.45) is 0 Å². The Hall–Kier alpha value is -4.00. The number of aromatic nitrogens is 2. The predicted octanol–water partition coefficient (Wildman–Crippen LogP) is 4.18. The summed E-state index contributed by atoms with van der Waals surface area (Å²) in [5.41, 5.74) is 3.04. The highest BCUT2D eigenvalue weighted by Gasteiger charge is 2.34. The van der Waals surface area contributed by atoms with E-state index in [4.69, 9.17) is 14.2 Å². The molecule has 0 radical (unpaired) electrons. The van der Waals surface area contributed by atoms with Gasteiger partial charge in [-0.1, -0.05) is 18.2 Å². The first-order valence-corrected chi connectivity index (χ1v) is 9.98. The molecule has 0 saturated carbocycles. The summed E-state index contributed by atoms with van der Waals surface area (Å²) in [4.78, 5) is 17.7. The molecule has 0 aliphatic carbocycles. The molecule has 1 aliphatic heterocycles. The fourth-order valence-electron chi connectivity index (χ4n) is 3.65. The van der Waals surface area contributed by atoms with Crippen LogP contribution in [0.4, 0.5) is 5.69 Å². The van der Waals surface area contributed by atoms with Crippen LogP contribution in [0.25, 0.3) is 16.9 Å². The standard InChI is InChI=1S/C24H21N3O4/c1-15-23(31-21-8-4-3-7-20(21)30-15)24(28)26-17-13-16(10-11-19(17)29-2)18-14-27-12-6-5-9-22(27)25-18/h3-15,23H,1-2H3,(H,26,28). The van der Waals surface area contributed by atoms with E-state index >= 15 is 0 Å². The quantitative estimate of drug-likeness (QED) is 0.541. The number of nitrogens with zero attached hydrogens (tertiary/aromatic N) is 2. The van der Waals surface area contributed by atoms with Gasteiger partial charge in [-0.05, 0) is 49.4 Å². The van der Waals surface area contributed by atoms with Gasteiger partial charge in [0.15, 0.2) is 11.5 Å². The number of carbonyl (C=O) groups is 1. The van der Waals surface area contributed by atoms with Crippen LogP contribution in [0.1, 0.15) is 6.92 Å². The molecule has 0 saturated heterocycles. The zero-order chi connectivity index (χ0) is 21.4. The summed E-state index contributed by atoms with van der Waals surface area (Å²) in [5, 5.41) is 2.93. The maximum absolute atomic E-state index is 13.1. The number of pyridine rings is 1. The first-order chi connectivity index (χ1) is 15.1. The van der Waals surface area contributed by atoms with E-state index in [-0.39, 0.29) is 5.91 Å². The number of anilines is 1. The van der Waals surface area contributed by atoms with E-state index in [0.29, 0.717) is 22.9 Å². The molecule has 1 amide bonds. The van der Waals surface area contributed by atoms with Gasteiger partial charge in [-0.25, -0.2) is 4.98 Å². The minimum atomic E-state index is -0.793.